The highest BCUT2D eigenvalue weighted by atomic mass is 127. The molecule has 2 aliphatic rings. The number of ether oxygens (including phenoxy) is 2. The third-order valence-corrected chi connectivity index (χ3v) is 5.23. The first-order chi connectivity index (χ1) is 14.6. The first kappa shape index (κ1) is 25.2. The number of carbonyl (C=O) groups is 2. The Hall–Kier alpha value is -2.08. The van der Waals surface area contributed by atoms with E-state index >= 15 is 0 Å². The van der Waals surface area contributed by atoms with Crippen LogP contribution in [0.25, 0.3) is 0 Å². The van der Waals surface area contributed by atoms with Crippen LogP contribution in [-0.4, -0.2) is 80.3 Å². The van der Waals surface area contributed by atoms with Crippen LogP contribution in [0.3, 0.4) is 0 Å². The lowest BCUT2D eigenvalue weighted by Gasteiger charge is -2.37. The lowest BCUT2D eigenvalue weighted by Crippen LogP contribution is -2.55. The molecule has 2 saturated heterocycles. The molecule has 0 spiro atoms. The second kappa shape index (κ2) is 12.7. The fraction of sp³-hybridized carbons (Fsp3) is 0.571. The number of aliphatic imine (C=N–C) groups is 1. The number of rotatable bonds is 5. The van der Waals surface area contributed by atoms with E-state index in [1.807, 2.05) is 36.1 Å². The van der Waals surface area contributed by atoms with Gasteiger partial charge in [-0.05, 0) is 37.5 Å². The minimum atomic E-state index is -0.493. The summed E-state index contributed by atoms with van der Waals surface area (Å²) in [6, 6.07) is 7.50. The van der Waals surface area contributed by atoms with Gasteiger partial charge in [-0.1, -0.05) is 12.1 Å². The molecule has 2 fully saturated rings. The largest absolute Gasteiger partial charge is 0.453 e. The first-order valence-electron chi connectivity index (χ1n) is 10.5. The monoisotopic (exact) mass is 545 g/mol. The Labute approximate surface area is 200 Å². The Bertz CT molecular complexity index is 745. The number of carbonyl (C=O) groups excluding carboxylic acids is 2. The van der Waals surface area contributed by atoms with Gasteiger partial charge in [-0.15, -0.1) is 24.0 Å². The van der Waals surface area contributed by atoms with E-state index in [2.05, 4.69) is 20.3 Å². The van der Waals surface area contributed by atoms with Crippen LogP contribution in [0.1, 0.15) is 25.3 Å². The molecule has 2 amide bonds. The van der Waals surface area contributed by atoms with Gasteiger partial charge in [0.1, 0.15) is 6.10 Å². The highest BCUT2D eigenvalue weighted by Gasteiger charge is 2.30. The van der Waals surface area contributed by atoms with Gasteiger partial charge >= 0.3 is 6.09 Å². The molecule has 172 valence electrons. The normalized spacial score (nSPS) is 18.9. The van der Waals surface area contributed by atoms with Crippen LogP contribution in [0.15, 0.2) is 29.3 Å². The summed E-state index contributed by atoms with van der Waals surface area (Å²) in [6.07, 6.45) is 1.05. The maximum absolute atomic E-state index is 12.5. The maximum atomic E-state index is 12.5. The highest BCUT2D eigenvalue weighted by Crippen LogP contribution is 2.16. The summed E-state index contributed by atoms with van der Waals surface area (Å²) in [7, 11) is 1.33. The van der Waals surface area contributed by atoms with Crippen LogP contribution in [0.5, 0.6) is 0 Å². The van der Waals surface area contributed by atoms with Crippen LogP contribution >= 0.6 is 24.0 Å². The second-order valence-electron chi connectivity index (χ2n) is 7.30. The van der Waals surface area contributed by atoms with Crippen molar-refractivity contribution in [2.75, 3.05) is 51.8 Å². The molecule has 2 N–H and O–H groups in total. The molecule has 3 rings (SSSR count). The van der Waals surface area contributed by atoms with Gasteiger partial charge in [-0.3, -0.25) is 10.1 Å². The van der Waals surface area contributed by atoms with Gasteiger partial charge in [0, 0.05) is 45.0 Å². The van der Waals surface area contributed by atoms with Gasteiger partial charge in [0.15, 0.2) is 5.96 Å². The van der Waals surface area contributed by atoms with E-state index in [1.54, 1.807) is 0 Å². The van der Waals surface area contributed by atoms with Crippen molar-refractivity contribution in [3.8, 4) is 0 Å². The lowest BCUT2D eigenvalue weighted by molar-refractivity contribution is -0.142. The molecule has 10 heteroatoms. The number of benzene rings is 1. The van der Waals surface area contributed by atoms with Crippen molar-refractivity contribution in [2.24, 2.45) is 4.99 Å². The van der Waals surface area contributed by atoms with Crippen molar-refractivity contribution in [1.29, 1.82) is 0 Å². The summed E-state index contributed by atoms with van der Waals surface area (Å²) in [5, 5.41) is 5.97. The number of nitrogens with one attached hydrogen (secondary N) is 2. The van der Waals surface area contributed by atoms with Crippen molar-refractivity contribution >= 4 is 47.6 Å². The molecule has 2 aliphatic heterocycles. The highest BCUT2D eigenvalue weighted by molar-refractivity contribution is 14.0. The van der Waals surface area contributed by atoms with Crippen LogP contribution in [-0.2, 0) is 20.8 Å². The third kappa shape index (κ3) is 7.23. The lowest BCUT2D eigenvalue weighted by atomic mass is 10.2. The molecular weight excluding hydrogens is 513 g/mol. The molecule has 1 aromatic rings. The summed E-state index contributed by atoms with van der Waals surface area (Å²) in [6.45, 7) is 6.87. The van der Waals surface area contributed by atoms with Gasteiger partial charge in [0.05, 0.1) is 13.7 Å². The molecular formula is C21H32IN5O4. The number of halogens is 1. The maximum Gasteiger partial charge on any atom is 0.411 e. The molecule has 1 aromatic carbocycles. The summed E-state index contributed by atoms with van der Waals surface area (Å²) < 4.78 is 10.1. The van der Waals surface area contributed by atoms with E-state index in [0.29, 0.717) is 31.9 Å². The minimum Gasteiger partial charge on any atom is -0.453 e. The van der Waals surface area contributed by atoms with Crippen molar-refractivity contribution in [2.45, 2.75) is 32.4 Å². The molecule has 9 nitrogen and oxygen atoms in total. The number of anilines is 1. The fourth-order valence-corrected chi connectivity index (χ4v) is 3.57. The third-order valence-electron chi connectivity index (χ3n) is 5.23. The van der Waals surface area contributed by atoms with Crippen LogP contribution in [0.2, 0.25) is 0 Å². The minimum absolute atomic E-state index is 0. The zero-order valence-electron chi connectivity index (χ0n) is 18.1. The van der Waals surface area contributed by atoms with Crippen molar-refractivity contribution in [1.82, 2.24) is 15.1 Å². The first-order valence-corrected chi connectivity index (χ1v) is 10.5. The quantitative estimate of drug-likeness (QED) is 0.335. The van der Waals surface area contributed by atoms with Gasteiger partial charge < -0.3 is 24.6 Å². The van der Waals surface area contributed by atoms with E-state index in [1.165, 1.54) is 7.11 Å². The Morgan fingerprint density at radius 1 is 1.16 bits per heavy atom. The molecule has 0 bridgehead atoms. The molecule has 0 aromatic heterocycles. The number of hydrogen-bond acceptors (Lipinski definition) is 5. The van der Waals surface area contributed by atoms with E-state index < -0.39 is 6.09 Å². The van der Waals surface area contributed by atoms with Crippen molar-refractivity contribution < 1.29 is 19.1 Å². The summed E-state index contributed by atoms with van der Waals surface area (Å²) in [5.41, 5.74) is 1.71. The molecule has 31 heavy (non-hydrogen) atoms. The van der Waals surface area contributed by atoms with E-state index in [0.717, 1.165) is 44.0 Å². The van der Waals surface area contributed by atoms with Gasteiger partial charge in [-0.25, -0.2) is 9.79 Å². The molecule has 2 heterocycles. The molecule has 0 saturated carbocycles. The van der Waals surface area contributed by atoms with E-state index in [9.17, 15) is 9.59 Å². The zero-order valence-corrected chi connectivity index (χ0v) is 20.5. The summed E-state index contributed by atoms with van der Waals surface area (Å²) in [4.78, 5) is 32.6. The van der Waals surface area contributed by atoms with E-state index in [4.69, 9.17) is 9.73 Å². The molecule has 1 unspecified atom stereocenters. The number of nitrogens with zero attached hydrogens (tertiary/aromatic N) is 3. The smallest absolute Gasteiger partial charge is 0.411 e. The van der Waals surface area contributed by atoms with Crippen LogP contribution in [0.4, 0.5) is 10.5 Å². The number of guanidine groups is 1. The number of amides is 2. The SMILES string of the molecule is CCNC(=NCc1ccc(NC(=O)OC)cc1)N1CCN(C(=O)C2CCCO2)CC1.I. The Kier molecular flexibility index (Phi) is 10.3. The second-order valence-corrected chi connectivity index (χ2v) is 7.30. The molecule has 0 radical (unpaired) electrons. The summed E-state index contributed by atoms with van der Waals surface area (Å²) in [5.74, 6) is 0.966. The van der Waals surface area contributed by atoms with Crippen LogP contribution < -0.4 is 10.6 Å². The fourth-order valence-electron chi connectivity index (χ4n) is 3.57. The predicted octanol–water partition coefficient (Wildman–Crippen LogP) is 2.27. The Balaban J connectivity index is 0.00000341. The number of piperazine rings is 1. The van der Waals surface area contributed by atoms with Gasteiger partial charge in [0.2, 0.25) is 0 Å². The standard InChI is InChI=1S/C21H31N5O4.HI/c1-3-22-20(23-15-16-6-8-17(9-7-16)24-21(28)29-2)26-12-10-25(11-13-26)19(27)18-5-4-14-30-18;/h6-9,18H,3-5,10-15H2,1-2H3,(H,22,23)(H,24,28);1H. The number of methoxy groups -OCH3 is 1. The Morgan fingerprint density at radius 3 is 2.42 bits per heavy atom. The van der Waals surface area contributed by atoms with Crippen LogP contribution in [0, 0.1) is 0 Å². The Morgan fingerprint density at radius 2 is 1.84 bits per heavy atom. The zero-order chi connectivity index (χ0) is 21.3. The van der Waals surface area contributed by atoms with Crippen molar-refractivity contribution in [3.05, 3.63) is 29.8 Å². The van der Waals surface area contributed by atoms with Gasteiger partial charge in [0.25, 0.3) is 5.91 Å². The van der Waals surface area contributed by atoms with E-state index in [-0.39, 0.29) is 36.0 Å². The average Bonchev–Trinajstić information content (AvgIpc) is 3.32. The average molecular weight is 545 g/mol. The van der Waals surface area contributed by atoms with Crippen molar-refractivity contribution in [3.63, 3.8) is 0 Å². The van der Waals surface area contributed by atoms with Gasteiger partial charge in [-0.2, -0.15) is 0 Å². The topological polar surface area (TPSA) is 95.5 Å². The predicted molar refractivity (Wildman–Crippen MR) is 130 cm³/mol. The molecule has 1 atom stereocenters. The molecule has 0 aliphatic carbocycles. The summed E-state index contributed by atoms with van der Waals surface area (Å²) >= 11 is 0. The number of hydrogen-bond donors (Lipinski definition) is 2.